The summed E-state index contributed by atoms with van der Waals surface area (Å²) in [5.41, 5.74) is 6.39. The van der Waals surface area contributed by atoms with E-state index < -0.39 is 11.8 Å². The molecule has 0 heterocycles. The number of nitrogens with one attached hydrogen (secondary N) is 3. The van der Waals surface area contributed by atoms with Crippen molar-refractivity contribution in [1.29, 1.82) is 0 Å². The van der Waals surface area contributed by atoms with E-state index in [9.17, 15) is 9.59 Å². The van der Waals surface area contributed by atoms with Gasteiger partial charge in [-0.1, -0.05) is 13.0 Å². The highest BCUT2D eigenvalue weighted by Gasteiger charge is 2.10. The van der Waals surface area contributed by atoms with Gasteiger partial charge in [0, 0.05) is 12.2 Å². The Hall–Kier alpha value is -2.69. The lowest BCUT2D eigenvalue weighted by molar-refractivity contribution is -0.123. The van der Waals surface area contributed by atoms with E-state index in [1.807, 2.05) is 19.1 Å². The SMILES string of the molecule is CCOCCOc1ccc(C(=O)NC(=S)NNC(=O)COc2ccc(CC)cc2Br)cc1. The van der Waals surface area contributed by atoms with Crippen molar-refractivity contribution in [3.05, 3.63) is 58.1 Å². The third kappa shape index (κ3) is 8.81. The second-order valence-electron chi connectivity index (χ2n) is 6.43. The van der Waals surface area contributed by atoms with E-state index in [1.54, 1.807) is 30.3 Å². The molecule has 0 spiro atoms. The van der Waals surface area contributed by atoms with Crippen molar-refractivity contribution in [2.45, 2.75) is 20.3 Å². The molecule has 172 valence electrons. The minimum Gasteiger partial charge on any atom is -0.491 e. The first kappa shape index (κ1) is 25.6. The zero-order valence-electron chi connectivity index (χ0n) is 17.9. The van der Waals surface area contributed by atoms with E-state index in [2.05, 4.69) is 39.0 Å². The molecule has 0 aliphatic heterocycles. The van der Waals surface area contributed by atoms with Crippen LogP contribution in [0.4, 0.5) is 0 Å². The molecule has 0 saturated carbocycles. The summed E-state index contributed by atoms with van der Waals surface area (Å²) in [6.07, 6.45) is 0.902. The van der Waals surface area contributed by atoms with Crippen LogP contribution in [0.25, 0.3) is 0 Å². The van der Waals surface area contributed by atoms with Crippen molar-refractivity contribution >= 4 is 45.1 Å². The Morgan fingerprint density at radius 3 is 2.41 bits per heavy atom. The summed E-state index contributed by atoms with van der Waals surface area (Å²) in [6, 6.07) is 12.3. The number of hydrogen-bond acceptors (Lipinski definition) is 6. The van der Waals surface area contributed by atoms with Crippen LogP contribution in [0.2, 0.25) is 0 Å². The normalized spacial score (nSPS) is 10.2. The van der Waals surface area contributed by atoms with Gasteiger partial charge in [-0.2, -0.15) is 0 Å². The summed E-state index contributed by atoms with van der Waals surface area (Å²) < 4.78 is 17.0. The van der Waals surface area contributed by atoms with Crippen molar-refractivity contribution in [2.24, 2.45) is 0 Å². The number of halogens is 1. The number of hydrogen-bond donors (Lipinski definition) is 3. The van der Waals surface area contributed by atoms with Gasteiger partial charge in [-0.15, -0.1) is 0 Å². The Bertz CT molecular complexity index is 924. The van der Waals surface area contributed by atoms with Crippen LogP contribution in [-0.2, 0) is 16.0 Å². The van der Waals surface area contributed by atoms with Crippen LogP contribution in [0, 0.1) is 0 Å². The van der Waals surface area contributed by atoms with Gasteiger partial charge in [0.15, 0.2) is 11.7 Å². The topological polar surface area (TPSA) is 97.9 Å². The van der Waals surface area contributed by atoms with Crippen LogP contribution in [0.15, 0.2) is 46.9 Å². The van der Waals surface area contributed by atoms with Gasteiger partial charge in [0.1, 0.15) is 18.1 Å². The van der Waals surface area contributed by atoms with Crippen LogP contribution in [0.3, 0.4) is 0 Å². The molecule has 2 rings (SSSR count). The van der Waals surface area contributed by atoms with Crippen molar-refractivity contribution in [3.63, 3.8) is 0 Å². The molecule has 10 heteroatoms. The molecule has 0 aliphatic carbocycles. The number of amides is 2. The zero-order chi connectivity index (χ0) is 23.3. The van der Waals surface area contributed by atoms with Gasteiger partial charge in [-0.05, 0) is 83.5 Å². The van der Waals surface area contributed by atoms with Gasteiger partial charge in [-0.25, -0.2) is 0 Å². The van der Waals surface area contributed by atoms with Gasteiger partial charge in [-0.3, -0.25) is 25.8 Å². The summed E-state index contributed by atoms with van der Waals surface area (Å²) in [7, 11) is 0. The molecule has 0 fully saturated rings. The standard InChI is InChI=1S/C22H26BrN3O5S/c1-3-15-5-10-19(18(23)13-15)31-14-20(27)25-26-22(32)24-21(28)16-6-8-17(9-7-16)30-12-11-29-4-2/h5-10,13H,3-4,11-12,14H2,1-2H3,(H,25,27)(H2,24,26,28,32). The lowest BCUT2D eigenvalue weighted by Crippen LogP contribution is -2.49. The van der Waals surface area contributed by atoms with Gasteiger partial charge in [0.05, 0.1) is 11.1 Å². The highest BCUT2D eigenvalue weighted by molar-refractivity contribution is 9.10. The molecule has 32 heavy (non-hydrogen) atoms. The molecule has 0 aromatic heterocycles. The Kier molecular flexibility index (Phi) is 10.9. The van der Waals surface area contributed by atoms with E-state index in [4.69, 9.17) is 26.4 Å². The van der Waals surface area contributed by atoms with Gasteiger partial charge in [0.25, 0.3) is 11.8 Å². The molecule has 0 aliphatic rings. The summed E-state index contributed by atoms with van der Waals surface area (Å²) in [5, 5.41) is 2.44. The fourth-order valence-corrected chi connectivity index (χ4v) is 3.14. The number of ether oxygens (including phenoxy) is 3. The molecule has 0 radical (unpaired) electrons. The van der Waals surface area contributed by atoms with E-state index in [-0.39, 0.29) is 11.7 Å². The van der Waals surface area contributed by atoms with Crippen molar-refractivity contribution < 1.29 is 23.8 Å². The van der Waals surface area contributed by atoms with Crippen molar-refractivity contribution in [2.75, 3.05) is 26.4 Å². The molecule has 2 aromatic rings. The fourth-order valence-electron chi connectivity index (χ4n) is 2.46. The number of carbonyl (C=O) groups is 2. The Morgan fingerprint density at radius 2 is 1.75 bits per heavy atom. The Labute approximate surface area is 201 Å². The highest BCUT2D eigenvalue weighted by Crippen LogP contribution is 2.26. The minimum atomic E-state index is -0.457. The molecule has 3 N–H and O–H groups in total. The summed E-state index contributed by atoms with van der Waals surface area (Å²) in [6.45, 7) is 5.30. The predicted octanol–water partition coefficient (Wildman–Crippen LogP) is 3.14. The van der Waals surface area contributed by atoms with Crippen LogP contribution in [-0.4, -0.2) is 43.4 Å². The molecule has 0 unspecified atom stereocenters. The molecular formula is C22H26BrN3O5S. The first-order chi connectivity index (χ1) is 15.4. The van der Waals surface area contributed by atoms with E-state index in [1.165, 1.54) is 0 Å². The first-order valence-electron chi connectivity index (χ1n) is 10.0. The monoisotopic (exact) mass is 523 g/mol. The lowest BCUT2D eigenvalue weighted by atomic mass is 10.2. The highest BCUT2D eigenvalue weighted by atomic mass is 79.9. The van der Waals surface area contributed by atoms with E-state index in [0.29, 0.717) is 36.9 Å². The summed E-state index contributed by atoms with van der Waals surface area (Å²) in [5.74, 6) is 0.305. The predicted molar refractivity (Wildman–Crippen MR) is 129 cm³/mol. The van der Waals surface area contributed by atoms with Gasteiger partial charge < -0.3 is 14.2 Å². The van der Waals surface area contributed by atoms with Crippen molar-refractivity contribution in [1.82, 2.24) is 16.2 Å². The second kappa shape index (κ2) is 13.7. The van der Waals surface area contributed by atoms with E-state index >= 15 is 0 Å². The number of rotatable bonds is 10. The number of thiocarbonyl (C=S) groups is 1. The van der Waals surface area contributed by atoms with Crippen LogP contribution < -0.4 is 25.6 Å². The van der Waals surface area contributed by atoms with Crippen LogP contribution >= 0.6 is 28.1 Å². The molecule has 8 nitrogen and oxygen atoms in total. The number of benzene rings is 2. The zero-order valence-corrected chi connectivity index (χ0v) is 20.3. The summed E-state index contributed by atoms with van der Waals surface area (Å²) >= 11 is 8.46. The maximum atomic E-state index is 12.3. The quantitative estimate of drug-likeness (QED) is 0.250. The van der Waals surface area contributed by atoms with E-state index in [0.717, 1.165) is 16.5 Å². The number of carbonyl (C=O) groups excluding carboxylic acids is 2. The largest absolute Gasteiger partial charge is 0.491 e. The van der Waals surface area contributed by atoms with Crippen LogP contribution in [0.1, 0.15) is 29.8 Å². The maximum Gasteiger partial charge on any atom is 0.276 e. The molecule has 0 bridgehead atoms. The van der Waals surface area contributed by atoms with Gasteiger partial charge in [0.2, 0.25) is 0 Å². The third-order valence-corrected chi connectivity index (χ3v) is 4.95. The number of hydrazine groups is 1. The number of aryl methyl sites for hydroxylation is 1. The molecule has 0 saturated heterocycles. The summed E-state index contributed by atoms with van der Waals surface area (Å²) in [4.78, 5) is 24.2. The fraction of sp³-hybridized carbons (Fsp3) is 0.318. The smallest absolute Gasteiger partial charge is 0.276 e. The first-order valence-corrected chi connectivity index (χ1v) is 11.2. The molecule has 2 aromatic carbocycles. The second-order valence-corrected chi connectivity index (χ2v) is 7.70. The minimum absolute atomic E-state index is 0.0473. The van der Waals surface area contributed by atoms with Crippen LogP contribution in [0.5, 0.6) is 11.5 Å². The average Bonchev–Trinajstić information content (AvgIpc) is 2.80. The van der Waals surface area contributed by atoms with Gasteiger partial charge >= 0.3 is 0 Å². The molecular weight excluding hydrogens is 498 g/mol. The Balaban J connectivity index is 1.71. The average molecular weight is 524 g/mol. The lowest BCUT2D eigenvalue weighted by Gasteiger charge is -2.12. The van der Waals surface area contributed by atoms with Crippen molar-refractivity contribution in [3.8, 4) is 11.5 Å². The maximum absolute atomic E-state index is 12.3. The third-order valence-electron chi connectivity index (χ3n) is 4.12. The Morgan fingerprint density at radius 1 is 1.00 bits per heavy atom. The molecule has 2 amide bonds. The molecule has 0 atom stereocenters.